The second kappa shape index (κ2) is 4.35. The van der Waals surface area contributed by atoms with Crippen LogP contribution in [0.3, 0.4) is 0 Å². The van der Waals surface area contributed by atoms with E-state index >= 15 is 0 Å². The standard InChI is InChI=1S/C14H14O2/c1-10(14(15)16)13(11-6-2-3-7-11)12-8-4-5-9-12/h2-6,8H,7,9H2,1H3,(H,15,16)/p-1. The Morgan fingerprint density at radius 1 is 1.12 bits per heavy atom. The van der Waals surface area contributed by atoms with Crippen LogP contribution in [0.25, 0.3) is 0 Å². The predicted octanol–water partition coefficient (Wildman–Crippen LogP) is 1.83. The average molecular weight is 213 g/mol. The van der Waals surface area contributed by atoms with E-state index < -0.39 is 5.97 Å². The van der Waals surface area contributed by atoms with Gasteiger partial charge in [0.25, 0.3) is 0 Å². The van der Waals surface area contributed by atoms with Crippen molar-refractivity contribution in [2.75, 3.05) is 0 Å². The highest BCUT2D eigenvalue weighted by Crippen LogP contribution is 2.32. The van der Waals surface area contributed by atoms with E-state index in [1.165, 1.54) is 0 Å². The van der Waals surface area contributed by atoms with Gasteiger partial charge in [0.2, 0.25) is 0 Å². The van der Waals surface area contributed by atoms with Gasteiger partial charge in [-0.3, -0.25) is 0 Å². The topological polar surface area (TPSA) is 40.1 Å². The van der Waals surface area contributed by atoms with Crippen molar-refractivity contribution in [3.05, 3.63) is 58.7 Å². The maximum absolute atomic E-state index is 11.0. The Kier molecular flexibility index (Phi) is 2.91. The van der Waals surface area contributed by atoms with Crippen molar-refractivity contribution in [3.8, 4) is 0 Å². The number of carboxylic acid groups (broad SMARTS) is 1. The summed E-state index contributed by atoms with van der Waals surface area (Å²) in [6.45, 7) is 1.61. The van der Waals surface area contributed by atoms with Crippen LogP contribution in [-0.2, 0) is 4.79 Å². The van der Waals surface area contributed by atoms with Crippen LogP contribution in [0, 0.1) is 0 Å². The number of hydrogen-bond acceptors (Lipinski definition) is 2. The average Bonchev–Trinajstić information content (AvgIpc) is 2.89. The summed E-state index contributed by atoms with van der Waals surface area (Å²) in [4.78, 5) is 11.0. The van der Waals surface area contributed by atoms with Crippen LogP contribution in [-0.4, -0.2) is 5.97 Å². The molecule has 2 nitrogen and oxygen atoms in total. The lowest BCUT2D eigenvalue weighted by molar-refractivity contribution is -0.299. The summed E-state index contributed by atoms with van der Waals surface area (Å²) in [5.41, 5.74) is 3.30. The number of carbonyl (C=O) groups is 1. The summed E-state index contributed by atoms with van der Waals surface area (Å²) < 4.78 is 0. The fourth-order valence-electron chi connectivity index (χ4n) is 2.06. The first kappa shape index (κ1) is 10.7. The van der Waals surface area contributed by atoms with Crippen molar-refractivity contribution in [1.29, 1.82) is 0 Å². The molecule has 0 spiro atoms. The van der Waals surface area contributed by atoms with Gasteiger partial charge in [0.05, 0.1) is 5.97 Å². The second-order valence-electron chi connectivity index (χ2n) is 3.94. The molecule has 0 bridgehead atoms. The zero-order valence-electron chi connectivity index (χ0n) is 9.19. The maximum Gasteiger partial charge on any atom is 0.0678 e. The number of rotatable bonds is 3. The molecule has 0 N–H and O–H groups in total. The van der Waals surface area contributed by atoms with E-state index in [4.69, 9.17) is 0 Å². The summed E-state index contributed by atoms with van der Waals surface area (Å²) in [5, 5.41) is 11.0. The zero-order valence-corrected chi connectivity index (χ0v) is 9.19. The fraction of sp³-hybridized carbons (Fsp3) is 0.214. The summed E-state index contributed by atoms with van der Waals surface area (Å²) in [5.74, 6) is -1.09. The molecular weight excluding hydrogens is 200 g/mol. The minimum absolute atomic E-state index is 0.324. The summed E-state index contributed by atoms with van der Waals surface area (Å²) >= 11 is 0. The molecule has 0 fully saturated rings. The van der Waals surface area contributed by atoms with Crippen molar-refractivity contribution in [3.63, 3.8) is 0 Å². The van der Waals surface area contributed by atoms with Gasteiger partial charge in [-0.2, -0.15) is 0 Å². The minimum Gasteiger partial charge on any atom is -0.545 e. The van der Waals surface area contributed by atoms with E-state index in [0.717, 1.165) is 29.6 Å². The second-order valence-corrected chi connectivity index (χ2v) is 3.94. The highest BCUT2D eigenvalue weighted by Gasteiger charge is 2.15. The van der Waals surface area contributed by atoms with E-state index in [0.29, 0.717) is 5.57 Å². The van der Waals surface area contributed by atoms with E-state index in [9.17, 15) is 9.90 Å². The third-order valence-electron chi connectivity index (χ3n) is 2.87. The van der Waals surface area contributed by atoms with Crippen LogP contribution in [0.15, 0.2) is 58.7 Å². The Bertz CT molecular complexity index is 439. The summed E-state index contributed by atoms with van der Waals surface area (Å²) in [7, 11) is 0. The lowest BCUT2D eigenvalue weighted by Crippen LogP contribution is -2.24. The van der Waals surface area contributed by atoms with Crippen molar-refractivity contribution >= 4 is 5.97 Å². The molecule has 0 aliphatic heterocycles. The highest BCUT2D eigenvalue weighted by molar-refractivity contribution is 5.88. The molecule has 2 aliphatic rings. The molecule has 82 valence electrons. The Morgan fingerprint density at radius 3 is 1.94 bits per heavy atom. The van der Waals surface area contributed by atoms with E-state index in [2.05, 4.69) is 0 Å². The lowest BCUT2D eigenvalue weighted by Gasteiger charge is -2.15. The van der Waals surface area contributed by atoms with E-state index in [1.54, 1.807) is 6.92 Å². The van der Waals surface area contributed by atoms with Gasteiger partial charge in [0.1, 0.15) is 0 Å². The molecule has 16 heavy (non-hydrogen) atoms. The first-order valence-corrected chi connectivity index (χ1v) is 5.34. The Labute approximate surface area is 95.0 Å². The first-order chi connectivity index (χ1) is 7.70. The molecule has 0 saturated heterocycles. The minimum atomic E-state index is -1.09. The molecule has 2 rings (SSSR count). The van der Waals surface area contributed by atoms with Crippen molar-refractivity contribution in [1.82, 2.24) is 0 Å². The maximum atomic E-state index is 11.0. The van der Waals surface area contributed by atoms with Gasteiger partial charge in [0, 0.05) is 0 Å². The van der Waals surface area contributed by atoms with Gasteiger partial charge < -0.3 is 9.90 Å². The molecule has 0 aromatic rings. The highest BCUT2D eigenvalue weighted by atomic mass is 16.4. The molecule has 0 amide bonds. The van der Waals surface area contributed by atoms with Crippen LogP contribution in [0.4, 0.5) is 0 Å². The molecule has 2 heteroatoms. The van der Waals surface area contributed by atoms with Crippen LogP contribution < -0.4 is 5.11 Å². The lowest BCUT2D eigenvalue weighted by atomic mass is 9.92. The molecular formula is C14H13O2-. The molecule has 2 aliphatic carbocycles. The van der Waals surface area contributed by atoms with Crippen molar-refractivity contribution in [2.45, 2.75) is 19.8 Å². The molecule has 0 aromatic carbocycles. The Morgan fingerprint density at radius 2 is 1.62 bits per heavy atom. The van der Waals surface area contributed by atoms with Crippen molar-refractivity contribution < 1.29 is 9.90 Å². The summed E-state index contributed by atoms with van der Waals surface area (Å²) in [6.07, 6.45) is 13.5. The number of hydrogen-bond donors (Lipinski definition) is 0. The van der Waals surface area contributed by atoms with Gasteiger partial charge in [-0.25, -0.2) is 0 Å². The van der Waals surface area contributed by atoms with Gasteiger partial charge in [-0.15, -0.1) is 0 Å². The van der Waals surface area contributed by atoms with E-state index in [-0.39, 0.29) is 0 Å². The van der Waals surface area contributed by atoms with Gasteiger partial charge in [-0.1, -0.05) is 36.5 Å². The normalized spacial score (nSPS) is 17.3. The van der Waals surface area contributed by atoms with Gasteiger partial charge in [-0.05, 0) is 42.1 Å². The zero-order chi connectivity index (χ0) is 11.5. The van der Waals surface area contributed by atoms with Crippen LogP contribution in [0.2, 0.25) is 0 Å². The monoisotopic (exact) mass is 213 g/mol. The first-order valence-electron chi connectivity index (χ1n) is 5.34. The SMILES string of the molecule is CC(C(=O)[O-])=C(C1=CC=CC1)C1=CC=CC1. The van der Waals surface area contributed by atoms with Gasteiger partial charge in [0.15, 0.2) is 0 Å². The molecule has 0 saturated carbocycles. The smallest absolute Gasteiger partial charge is 0.0678 e. The predicted molar refractivity (Wildman–Crippen MR) is 61.4 cm³/mol. The number of aliphatic carboxylic acids is 1. The van der Waals surface area contributed by atoms with Crippen LogP contribution >= 0.6 is 0 Å². The molecule has 0 unspecified atom stereocenters. The Hall–Kier alpha value is -1.83. The summed E-state index contributed by atoms with van der Waals surface area (Å²) in [6, 6.07) is 0. The molecule has 0 atom stereocenters. The quantitative estimate of drug-likeness (QED) is 0.671. The molecule has 0 heterocycles. The van der Waals surface area contributed by atoms with Crippen LogP contribution in [0.1, 0.15) is 19.8 Å². The van der Waals surface area contributed by atoms with Crippen LogP contribution in [0.5, 0.6) is 0 Å². The third-order valence-corrected chi connectivity index (χ3v) is 2.87. The number of carboxylic acids is 1. The number of carbonyl (C=O) groups excluding carboxylic acids is 1. The Balaban J connectivity index is 2.41. The fourth-order valence-corrected chi connectivity index (χ4v) is 2.06. The third kappa shape index (κ3) is 1.91. The molecule has 0 radical (unpaired) electrons. The van der Waals surface area contributed by atoms with Crippen molar-refractivity contribution in [2.24, 2.45) is 0 Å². The molecule has 0 aromatic heterocycles. The van der Waals surface area contributed by atoms with Gasteiger partial charge >= 0.3 is 0 Å². The number of allylic oxidation sites excluding steroid dienone is 9. The van der Waals surface area contributed by atoms with E-state index in [1.807, 2.05) is 36.5 Å². The largest absolute Gasteiger partial charge is 0.545 e.